The van der Waals surface area contributed by atoms with E-state index in [0.717, 1.165) is 51.9 Å². The Morgan fingerprint density at radius 2 is 2.00 bits per heavy atom. The third kappa shape index (κ3) is 3.59. The van der Waals surface area contributed by atoms with Crippen LogP contribution in [0.25, 0.3) is 0 Å². The molecule has 2 heterocycles. The average Bonchev–Trinajstić information content (AvgIpc) is 2.54. The number of ether oxygens (including phenoxy) is 2. The maximum atomic E-state index is 12.8. The van der Waals surface area contributed by atoms with Gasteiger partial charge in [0.2, 0.25) is 0 Å². The molecule has 1 aromatic carbocycles. The minimum atomic E-state index is -0.320. The van der Waals surface area contributed by atoms with Crippen LogP contribution in [0.5, 0.6) is 5.75 Å². The van der Waals surface area contributed by atoms with Gasteiger partial charge in [-0.2, -0.15) is 0 Å². The quantitative estimate of drug-likeness (QED) is 0.926. The Kier molecular flexibility index (Phi) is 4.96. The van der Waals surface area contributed by atoms with Crippen LogP contribution in [0.15, 0.2) is 24.3 Å². The number of aliphatic hydroxyl groups excluding tert-OH is 1. The zero-order valence-electron chi connectivity index (χ0n) is 12.8. The summed E-state index contributed by atoms with van der Waals surface area (Å²) in [6.07, 6.45) is 3.25. The van der Waals surface area contributed by atoms with E-state index in [9.17, 15) is 9.50 Å². The fourth-order valence-corrected chi connectivity index (χ4v) is 3.37. The van der Waals surface area contributed by atoms with Gasteiger partial charge in [0.1, 0.15) is 18.2 Å². The second-order valence-corrected chi connectivity index (χ2v) is 6.22. The maximum Gasteiger partial charge on any atom is 0.123 e. The van der Waals surface area contributed by atoms with Gasteiger partial charge in [-0.25, -0.2) is 4.39 Å². The van der Waals surface area contributed by atoms with E-state index in [1.54, 1.807) is 12.1 Å². The monoisotopic (exact) mass is 309 g/mol. The van der Waals surface area contributed by atoms with Crippen molar-refractivity contribution in [3.05, 3.63) is 30.1 Å². The van der Waals surface area contributed by atoms with E-state index >= 15 is 0 Å². The molecule has 5 heteroatoms. The molecule has 0 radical (unpaired) electrons. The Balaban J connectivity index is 1.41. The molecule has 22 heavy (non-hydrogen) atoms. The van der Waals surface area contributed by atoms with Crippen LogP contribution in [0.4, 0.5) is 4.39 Å². The first kappa shape index (κ1) is 15.7. The molecule has 2 aliphatic heterocycles. The molecule has 1 aromatic rings. The summed E-state index contributed by atoms with van der Waals surface area (Å²) in [4.78, 5) is 2.33. The van der Waals surface area contributed by atoms with Gasteiger partial charge < -0.3 is 14.6 Å². The molecule has 1 unspecified atom stereocenters. The Hall–Kier alpha value is -1.17. The SMILES string of the molecule is OC1CCCOC12CCN(CCOc1ccc(F)cc1)CC2. The highest BCUT2D eigenvalue weighted by Crippen LogP contribution is 2.35. The lowest BCUT2D eigenvalue weighted by Gasteiger charge is -2.46. The number of halogens is 1. The predicted octanol–water partition coefficient (Wildman–Crippen LogP) is 2.21. The van der Waals surface area contributed by atoms with E-state index in [2.05, 4.69) is 4.90 Å². The molecule has 2 saturated heterocycles. The molecule has 0 saturated carbocycles. The van der Waals surface area contributed by atoms with Crippen molar-refractivity contribution in [3.63, 3.8) is 0 Å². The number of hydrogen-bond acceptors (Lipinski definition) is 4. The molecule has 1 N–H and O–H groups in total. The van der Waals surface area contributed by atoms with Crippen molar-refractivity contribution in [1.29, 1.82) is 0 Å². The largest absolute Gasteiger partial charge is 0.492 e. The van der Waals surface area contributed by atoms with Gasteiger partial charge in [-0.05, 0) is 49.9 Å². The fourth-order valence-electron chi connectivity index (χ4n) is 3.37. The molecule has 3 rings (SSSR count). The van der Waals surface area contributed by atoms with Gasteiger partial charge in [0.15, 0.2) is 0 Å². The molecular weight excluding hydrogens is 285 g/mol. The molecule has 1 atom stereocenters. The second kappa shape index (κ2) is 6.94. The lowest BCUT2D eigenvalue weighted by molar-refractivity contribution is -0.177. The zero-order chi connectivity index (χ0) is 15.4. The van der Waals surface area contributed by atoms with Gasteiger partial charge in [0.25, 0.3) is 0 Å². The summed E-state index contributed by atoms with van der Waals surface area (Å²) in [6, 6.07) is 6.10. The molecular formula is C17H24FNO3. The van der Waals surface area contributed by atoms with E-state index in [1.165, 1.54) is 12.1 Å². The molecule has 0 bridgehead atoms. The Morgan fingerprint density at radius 3 is 2.68 bits per heavy atom. The zero-order valence-corrected chi connectivity index (χ0v) is 12.8. The van der Waals surface area contributed by atoms with Crippen LogP contribution in [0.3, 0.4) is 0 Å². The third-order valence-corrected chi connectivity index (χ3v) is 4.81. The van der Waals surface area contributed by atoms with Gasteiger partial charge in [-0.15, -0.1) is 0 Å². The van der Waals surface area contributed by atoms with Crippen LogP contribution in [-0.2, 0) is 4.74 Å². The fraction of sp³-hybridized carbons (Fsp3) is 0.647. The summed E-state index contributed by atoms with van der Waals surface area (Å²) in [7, 11) is 0. The van der Waals surface area contributed by atoms with Crippen molar-refractivity contribution >= 4 is 0 Å². The van der Waals surface area contributed by atoms with Crippen LogP contribution in [0.1, 0.15) is 25.7 Å². The molecule has 2 aliphatic rings. The summed E-state index contributed by atoms with van der Waals surface area (Å²) < 4.78 is 24.4. The lowest BCUT2D eigenvalue weighted by atomic mass is 9.82. The highest BCUT2D eigenvalue weighted by molar-refractivity contribution is 5.21. The minimum absolute atomic E-state index is 0.250. The van der Waals surface area contributed by atoms with Crippen LogP contribution in [-0.4, -0.2) is 54.6 Å². The van der Waals surface area contributed by atoms with Crippen molar-refractivity contribution < 1.29 is 19.0 Å². The molecule has 122 valence electrons. The number of benzene rings is 1. The van der Waals surface area contributed by atoms with Gasteiger partial charge >= 0.3 is 0 Å². The van der Waals surface area contributed by atoms with E-state index in [1.807, 2.05) is 0 Å². The Labute approximate surface area is 130 Å². The standard InChI is InChI=1S/C17H24FNO3/c18-14-3-5-15(6-4-14)21-13-11-19-9-7-17(8-10-19)16(20)2-1-12-22-17/h3-6,16,20H,1-2,7-13H2. The van der Waals surface area contributed by atoms with Crippen molar-refractivity contribution in [2.24, 2.45) is 0 Å². The van der Waals surface area contributed by atoms with E-state index < -0.39 is 0 Å². The number of aliphatic hydroxyl groups is 1. The molecule has 0 amide bonds. The van der Waals surface area contributed by atoms with Crippen LogP contribution >= 0.6 is 0 Å². The normalized spacial score (nSPS) is 25.3. The molecule has 4 nitrogen and oxygen atoms in total. The number of likely N-dealkylation sites (tertiary alicyclic amines) is 1. The predicted molar refractivity (Wildman–Crippen MR) is 81.5 cm³/mol. The van der Waals surface area contributed by atoms with Crippen molar-refractivity contribution in [2.45, 2.75) is 37.4 Å². The van der Waals surface area contributed by atoms with Gasteiger partial charge in [-0.3, -0.25) is 4.90 Å². The highest BCUT2D eigenvalue weighted by Gasteiger charge is 2.43. The van der Waals surface area contributed by atoms with E-state index in [-0.39, 0.29) is 17.5 Å². The summed E-state index contributed by atoms with van der Waals surface area (Å²) in [5.74, 6) is 0.445. The van der Waals surface area contributed by atoms with Crippen LogP contribution in [0, 0.1) is 5.82 Å². The van der Waals surface area contributed by atoms with Gasteiger partial charge in [-0.1, -0.05) is 0 Å². The molecule has 2 fully saturated rings. The van der Waals surface area contributed by atoms with Gasteiger partial charge in [0, 0.05) is 26.2 Å². The Morgan fingerprint density at radius 1 is 1.27 bits per heavy atom. The third-order valence-electron chi connectivity index (χ3n) is 4.81. The van der Waals surface area contributed by atoms with E-state index in [4.69, 9.17) is 9.47 Å². The number of rotatable bonds is 4. The summed E-state index contributed by atoms with van der Waals surface area (Å²) >= 11 is 0. The first-order valence-corrected chi connectivity index (χ1v) is 8.11. The number of nitrogens with zero attached hydrogens (tertiary/aromatic N) is 1. The van der Waals surface area contributed by atoms with E-state index in [0.29, 0.717) is 12.4 Å². The highest BCUT2D eigenvalue weighted by atomic mass is 19.1. The average molecular weight is 309 g/mol. The van der Waals surface area contributed by atoms with Crippen molar-refractivity contribution in [1.82, 2.24) is 4.90 Å². The van der Waals surface area contributed by atoms with Crippen molar-refractivity contribution in [2.75, 3.05) is 32.8 Å². The molecule has 0 aliphatic carbocycles. The number of piperidine rings is 1. The summed E-state index contributed by atoms with van der Waals surface area (Å²) in [5, 5.41) is 10.2. The second-order valence-electron chi connectivity index (χ2n) is 6.22. The smallest absolute Gasteiger partial charge is 0.123 e. The van der Waals surface area contributed by atoms with Crippen LogP contribution < -0.4 is 4.74 Å². The maximum absolute atomic E-state index is 12.8. The first-order chi connectivity index (χ1) is 10.7. The summed E-state index contributed by atoms with van der Waals surface area (Å²) in [5.41, 5.74) is -0.313. The number of hydrogen-bond donors (Lipinski definition) is 1. The van der Waals surface area contributed by atoms with Crippen molar-refractivity contribution in [3.8, 4) is 5.75 Å². The molecule has 0 aromatic heterocycles. The Bertz CT molecular complexity index is 471. The topological polar surface area (TPSA) is 41.9 Å². The molecule has 1 spiro atoms. The summed E-state index contributed by atoms with van der Waals surface area (Å²) in [6.45, 7) is 4.03. The van der Waals surface area contributed by atoms with Crippen LogP contribution in [0.2, 0.25) is 0 Å². The minimum Gasteiger partial charge on any atom is -0.492 e. The lowest BCUT2D eigenvalue weighted by Crippen LogP contribution is -2.55. The van der Waals surface area contributed by atoms with Gasteiger partial charge in [0.05, 0.1) is 11.7 Å². The first-order valence-electron chi connectivity index (χ1n) is 8.11.